The zero-order chi connectivity index (χ0) is 28.1. The SMILES string of the molecule is COC(=O)C(Cc1ccc(OCCn2c(=O)sc3cc(C(=O)c4ccccc4)ccc32)cc1)c1ccccc1O. The molecule has 8 heteroatoms. The molecule has 7 nitrogen and oxygen atoms in total. The Hall–Kier alpha value is -4.69. The molecule has 0 spiro atoms. The standard InChI is InChI=1S/C32H27NO6S/c1-38-31(36)26(25-9-5-6-10-28(25)34)19-21-11-14-24(15-12-21)39-18-17-33-27-16-13-23(20-29(27)40-32(33)37)30(35)22-7-3-2-4-8-22/h2-16,20,26,34H,17-19H2,1H3. The summed E-state index contributed by atoms with van der Waals surface area (Å²) in [5, 5.41) is 10.2. The third-order valence-corrected chi connectivity index (χ3v) is 7.65. The van der Waals surface area contributed by atoms with Crippen LogP contribution in [0.4, 0.5) is 0 Å². The lowest BCUT2D eigenvalue weighted by molar-refractivity contribution is -0.142. The molecular weight excluding hydrogens is 526 g/mol. The van der Waals surface area contributed by atoms with E-state index in [1.807, 2.05) is 42.5 Å². The van der Waals surface area contributed by atoms with Crippen molar-refractivity contribution < 1.29 is 24.2 Å². The van der Waals surface area contributed by atoms with Gasteiger partial charge in [0.2, 0.25) is 0 Å². The summed E-state index contributed by atoms with van der Waals surface area (Å²) in [4.78, 5) is 37.8. The third-order valence-electron chi connectivity index (χ3n) is 6.71. The van der Waals surface area contributed by atoms with E-state index in [4.69, 9.17) is 9.47 Å². The lowest BCUT2D eigenvalue weighted by atomic mass is 9.91. The van der Waals surface area contributed by atoms with Crippen molar-refractivity contribution in [3.8, 4) is 11.5 Å². The highest BCUT2D eigenvalue weighted by molar-refractivity contribution is 7.16. The third kappa shape index (κ3) is 5.82. The number of esters is 1. The number of hydrogen-bond donors (Lipinski definition) is 1. The highest BCUT2D eigenvalue weighted by Crippen LogP contribution is 2.30. The number of rotatable bonds is 10. The van der Waals surface area contributed by atoms with Crippen molar-refractivity contribution in [1.82, 2.24) is 4.57 Å². The Labute approximate surface area is 234 Å². The smallest absolute Gasteiger partial charge is 0.313 e. The van der Waals surface area contributed by atoms with Gasteiger partial charge in [0.25, 0.3) is 0 Å². The number of benzene rings is 4. The van der Waals surface area contributed by atoms with Gasteiger partial charge in [-0.2, -0.15) is 0 Å². The van der Waals surface area contributed by atoms with E-state index in [0.717, 1.165) is 27.1 Å². The van der Waals surface area contributed by atoms with Crippen LogP contribution in [0.5, 0.6) is 11.5 Å². The van der Waals surface area contributed by atoms with Crippen molar-refractivity contribution in [3.05, 3.63) is 129 Å². The predicted octanol–water partition coefficient (Wildman–Crippen LogP) is 5.58. The van der Waals surface area contributed by atoms with Crippen molar-refractivity contribution >= 4 is 33.3 Å². The second kappa shape index (κ2) is 12.0. The largest absolute Gasteiger partial charge is 0.508 e. The summed E-state index contributed by atoms with van der Waals surface area (Å²) in [6, 6.07) is 28.5. The van der Waals surface area contributed by atoms with Gasteiger partial charge in [-0.15, -0.1) is 0 Å². The van der Waals surface area contributed by atoms with Gasteiger partial charge in [-0.05, 0) is 48.4 Å². The fraction of sp³-hybridized carbons (Fsp3) is 0.156. The first-order chi connectivity index (χ1) is 19.4. The molecule has 0 saturated carbocycles. The molecule has 1 atom stereocenters. The van der Waals surface area contributed by atoms with Gasteiger partial charge in [-0.25, -0.2) is 0 Å². The summed E-state index contributed by atoms with van der Waals surface area (Å²) < 4.78 is 13.3. The van der Waals surface area contributed by atoms with Gasteiger partial charge in [0.15, 0.2) is 5.78 Å². The minimum Gasteiger partial charge on any atom is -0.508 e. The number of ketones is 1. The van der Waals surface area contributed by atoms with E-state index in [2.05, 4.69) is 0 Å². The minimum absolute atomic E-state index is 0.0491. The van der Waals surface area contributed by atoms with Crippen LogP contribution < -0.4 is 9.61 Å². The Bertz CT molecular complexity index is 1710. The average Bonchev–Trinajstić information content (AvgIpc) is 3.30. The molecule has 0 saturated heterocycles. The number of ether oxygens (including phenoxy) is 2. The quantitative estimate of drug-likeness (QED) is 0.179. The number of methoxy groups -OCH3 is 1. The number of phenolic OH excluding ortho intramolecular Hbond substituents is 1. The van der Waals surface area contributed by atoms with Crippen LogP contribution in [0, 0.1) is 0 Å². The molecule has 1 N–H and O–H groups in total. The van der Waals surface area contributed by atoms with Crippen molar-refractivity contribution in [2.45, 2.75) is 18.9 Å². The van der Waals surface area contributed by atoms with Crippen molar-refractivity contribution in [2.24, 2.45) is 0 Å². The van der Waals surface area contributed by atoms with Gasteiger partial charge < -0.3 is 14.6 Å². The zero-order valence-electron chi connectivity index (χ0n) is 21.8. The van der Waals surface area contributed by atoms with Crippen LogP contribution in [0.3, 0.4) is 0 Å². The van der Waals surface area contributed by atoms with Crippen molar-refractivity contribution in [1.29, 1.82) is 0 Å². The minimum atomic E-state index is -0.639. The molecule has 0 aliphatic carbocycles. The lowest BCUT2D eigenvalue weighted by Gasteiger charge is -2.16. The van der Waals surface area contributed by atoms with E-state index in [1.165, 1.54) is 7.11 Å². The van der Waals surface area contributed by atoms with Gasteiger partial charge in [-0.3, -0.25) is 19.0 Å². The summed E-state index contributed by atoms with van der Waals surface area (Å²) in [5.74, 6) is -0.468. The van der Waals surface area contributed by atoms with E-state index < -0.39 is 11.9 Å². The molecule has 0 bridgehead atoms. The van der Waals surface area contributed by atoms with Crippen LogP contribution in [-0.2, 0) is 22.5 Å². The molecule has 202 valence electrons. The summed E-state index contributed by atoms with van der Waals surface area (Å²) in [7, 11) is 1.33. The molecular formula is C32H27NO6S. The molecule has 5 aromatic rings. The van der Waals surface area contributed by atoms with E-state index >= 15 is 0 Å². The first kappa shape index (κ1) is 26.9. The highest BCUT2D eigenvalue weighted by atomic mass is 32.1. The number of nitrogens with zero attached hydrogens (tertiary/aromatic N) is 1. The number of aromatic hydroxyl groups is 1. The maximum absolute atomic E-state index is 12.8. The molecule has 1 heterocycles. The van der Waals surface area contributed by atoms with Crippen LogP contribution in [0.1, 0.15) is 33.0 Å². The Balaban J connectivity index is 1.23. The Morgan fingerprint density at radius 1 is 0.900 bits per heavy atom. The summed E-state index contributed by atoms with van der Waals surface area (Å²) in [6.45, 7) is 0.628. The molecule has 0 aliphatic rings. The maximum Gasteiger partial charge on any atom is 0.313 e. The first-order valence-electron chi connectivity index (χ1n) is 12.7. The molecule has 0 aliphatic heterocycles. The van der Waals surface area contributed by atoms with Crippen molar-refractivity contribution in [3.63, 3.8) is 0 Å². The molecule has 40 heavy (non-hydrogen) atoms. The van der Waals surface area contributed by atoms with Gasteiger partial charge in [0.05, 0.1) is 29.8 Å². The van der Waals surface area contributed by atoms with E-state index in [9.17, 15) is 19.5 Å². The number of para-hydroxylation sites is 1. The van der Waals surface area contributed by atoms with Crippen LogP contribution in [0.25, 0.3) is 10.2 Å². The van der Waals surface area contributed by atoms with E-state index in [-0.39, 0.29) is 23.0 Å². The van der Waals surface area contributed by atoms with Gasteiger partial charge in [0, 0.05) is 16.7 Å². The van der Waals surface area contributed by atoms with Crippen LogP contribution >= 0.6 is 11.3 Å². The molecule has 1 unspecified atom stereocenters. The van der Waals surface area contributed by atoms with Gasteiger partial charge in [0.1, 0.15) is 18.1 Å². The second-order valence-electron chi connectivity index (χ2n) is 9.23. The van der Waals surface area contributed by atoms with E-state index in [0.29, 0.717) is 35.4 Å². The monoisotopic (exact) mass is 553 g/mol. The Morgan fingerprint density at radius 2 is 1.62 bits per heavy atom. The maximum atomic E-state index is 12.8. The van der Waals surface area contributed by atoms with Crippen molar-refractivity contribution in [2.75, 3.05) is 13.7 Å². The van der Waals surface area contributed by atoms with Crippen LogP contribution in [0.2, 0.25) is 0 Å². The number of thiazole rings is 1. The Morgan fingerprint density at radius 3 is 2.35 bits per heavy atom. The summed E-state index contributed by atoms with van der Waals surface area (Å²) in [6.07, 6.45) is 0.357. The second-order valence-corrected chi connectivity index (χ2v) is 10.2. The molecule has 0 amide bonds. The number of aromatic nitrogens is 1. The molecule has 0 fully saturated rings. The van der Waals surface area contributed by atoms with Crippen LogP contribution in [0.15, 0.2) is 102 Å². The summed E-state index contributed by atoms with van der Waals surface area (Å²) in [5.41, 5.74) is 3.30. The number of carbonyl (C=O) groups excluding carboxylic acids is 2. The van der Waals surface area contributed by atoms with Crippen LogP contribution in [-0.4, -0.2) is 35.1 Å². The average molecular weight is 554 g/mol. The molecule has 4 aromatic carbocycles. The molecule has 0 radical (unpaired) electrons. The fourth-order valence-corrected chi connectivity index (χ4v) is 5.59. The zero-order valence-corrected chi connectivity index (χ0v) is 22.6. The predicted molar refractivity (Wildman–Crippen MR) is 154 cm³/mol. The Kier molecular flexibility index (Phi) is 8.07. The number of hydrogen-bond acceptors (Lipinski definition) is 7. The van der Waals surface area contributed by atoms with E-state index in [1.54, 1.807) is 59.2 Å². The topological polar surface area (TPSA) is 94.8 Å². The number of carbonyl (C=O) groups is 2. The molecule has 1 aromatic heterocycles. The molecule has 5 rings (SSSR count). The number of fused-ring (bicyclic) bond motifs is 1. The fourth-order valence-electron chi connectivity index (χ4n) is 4.63. The normalized spacial score (nSPS) is 11.7. The van der Waals surface area contributed by atoms with Gasteiger partial charge >= 0.3 is 10.8 Å². The van der Waals surface area contributed by atoms with Gasteiger partial charge in [-0.1, -0.05) is 72.0 Å². The lowest BCUT2D eigenvalue weighted by Crippen LogP contribution is -2.18. The highest BCUT2D eigenvalue weighted by Gasteiger charge is 2.24. The number of phenols is 1. The first-order valence-corrected chi connectivity index (χ1v) is 13.6. The summed E-state index contributed by atoms with van der Waals surface area (Å²) >= 11 is 1.11.